The Morgan fingerprint density at radius 2 is 1.93 bits per heavy atom. The SMILES string of the molecule is CCOC(=O)CCCCc1ncc(C#Cc2ccc3c(c2)C(C)(C)CCS3)cn1. The lowest BCUT2D eigenvalue weighted by Gasteiger charge is -2.32. The molecule has 0 fully saturated rings. The van der Waals surface area contributed by atoms with Gasteiger partial charge in [0.25, 0.3) is 0 Å². The van der Waals surface area contributed by atoms with Crippen LogP contribution in [0.5, 0.6) is 0 Å². The van der Waals surface area contributed by atoms with Gasteiger partial charge in [0.15, 0.2) is 0 Å². The molecule has 1 aliphatic rings. The van der Waals surface area contributed by atoms with Gasteiger partial charge >= 0.3 is 5.97 Å². The Balaban J connectivity index is 1.57. The molecule has 0 saturated heterocycles. The van der Waals surface area contributed by atoms with Crippen molar-refractivity contribution in [2.45, 2.75) is 63.2 Å². The smallest absolute Gasteiger partial charge is 0.305 e. The van der Waals surface area contributed by atoms with Crippen molar-refractivity contribution in [1.29, 1.82) is 0 Å². The summed E-state index contributed by atoms with van der Waals surface area (Å²) in [5, 5.41) is 0. The van der Waals surface area contributed by atoms with E-state index in [2.05, 4.69) is 53.9 Å². The summed E-state index contributed by atoms with van der Waals surface area (Å²) >= 11 is 1.93. The van der Waals surface area contributed by atoms with Crippen molar-refractivity contribution in [3.63, 3.8) is 0 Å². The van der Waals surface area contributed by atoms with Gasteiger partial charge in [-0.1, -0.05) is 25.7 Å². The molecule has 1 aliphatic heterocycles. The Morgan fingerprint density at radius 1 is 1.17 bits per heavy atom. The Labute approximate surface area is 177 Å². The van der Waals surface area contributed by atoms with Crippen molar-refractivity contribution in [3.05, 3.63) is 53.1 Å². The van der Waals surface area contributed by atoms with Crippen LogP contribution >= 0.6 is 11.8 Å². The molecule has 29 heavy (non-hydrogen) atoms. The summed E-state index contributed by atoms with van der Waals surface area (Å²) in [5.74, 6) is 8.26. The van der Waals surface area contributed by atoms with E-state index in [-0.39, 0.29) is 11.4 Å². The largest absolute Gasteiger partial charge is 0.466 e. The minimum Gasteiger partial charge on any atom is -0.466 e. The number of benzene rings is 1. The average molecular weight is 409 g/mol. The first-order chi connectivity index (χ1) is 14.0. The molecule has 0 unspecified atom stereocenters. The Bertz CT molecular complexity index is 911. The fourth-order valence-corrected chi connectivity index (χ4v) is 4.78. The number of unbranched alkanes of at least 4 members (excludes halogenated alkanes) is 1. The van der Waals surface area contributed by atoms with Crippen LogP contribution < -0.4 is 0 Å². The highest BCUT2D eigenvalue weighted by Crippen LogP contribution is 2.41. The molecular weight excluding hydrogens is 380 g/mol. The number of nitrogens with zero attached hydrogens (tertiary/aromatic N) is 2. The van der Waals surface area contributed by atoms with E-state index >= 15 is 0 Å². The maximum absolute atomic E-state index is 11.3. The van der Waals surface area contributed by atoms with E-state index < -0.39 is 0 Å². The number of thioether (sulfide) groups is 1. The van der Waals surface area contributed by atoms with Crippen molar-refractivity contribution in [2.75, 3.05) is 12.4 Å². The monoisotopic (exact) mass is 408 g/mol. The molecule has 2 aromatic rings. The van der Waals surface area contributed by atoms with E-state index in [0.29, 0.717) is 13.0 Å². The fraction of sp³-hybridized carbons (Fsp3) is 0.458. The summed E-state index contributed by atoms with van der Waals surface area (Å²) in [4.78, 5) is 21.5. The second-order valence-corrected chi connectivity index (χ2v) is 8.98. The van der Waals surface area contributed by atoms with Gasteiger partial charge in [0.2, 0.25) is 0 Å². The number of fused-ring (bicyclic) bond motifs is 1. The number of aryl methyl sites for hydroxylation is 1. The number of aromatic nitrogens is 2. The van der Waals surface area contributed by atoms with Crippen molar-refractivity contribution in [3.8, 4) is 11.8 Å². The first kappa shape index (κ1) is 21.4. The first-order valence-electron chi connectivity index (χ1n) is 10.2. The molecule has 2 heterocycles. The van der Waals surface area contributed by atoms with E-state index in [1.807, 2.05) is 18.7 Å². The lowest BCUT2D eigenvalue weighted by atomic mass is 9.81. The molecule has 0 atom stereocenters. The summed E-state index contributed by atoms with van der Waals surface area (Å²) < 4.78 is 4.93. The molecule has 0 bridgehead atoms. The molecule has 0 spiro atoms. The standard InChI is InChI=1S/C24H28N2O2S/c1-4-28-23(27)8-6-5-7-22-25-16-19(17-26-22)10-9-18-11-12-21-20(15-18)24(2,3)13-14-29-21/h11-12,15-17H,4-8,13-14H2,1-3H3. The summed E-state index contributed by atoms with van der Waals surface area (Å²) in [7, 11) is 0. The number of hydrogen-bond donors (Lipinski definition) is 0. The van der Waals surface area contributed by atoms with Crippen LogP contribution in [0.15, 0.2) is 35.5 Å². The first-order valence-corrected chi connectivity index (χ1v) is 11.2. The molecule has 5 heteroatoms. The number of esters is 1. The van der Waals surface area contributed by atoms with Crippen molar-refractivity contribution < 1.29 is 9.53 Å². The highest BCUT2D eigenvalue weighted by Gasteiger charge is 2.27. The molecule has 4 nitrogen and oxygen atoms in total. The van der Waals surface area contributed by atoms with E-state index in [0.717, 1.165) is 36.2 Å². The second-order valence-electron chi connectivity index (χ2n) is 7.84. The summed E-state index contributed by atoms with van der Waals surface area (Å²) in [6.45, 7) is 6.87. The van der Waals surface area contributed by atoms with Crippen molar-refractivity contribution in [2.24, 2.45) is 0 Å². The highest BCUT2D eigenvalue weighted by molar-refractivity contribution is 7.99. The predicted molar refractivity (Wildman–Crippen MR) is 117 cm³/mol. The highest BCUT2D eigenvalue weighted by atomic mass is 32.2. The summed E-state index contributed by atoms with van der Waals surface area (Å²) in [5.41, 5.74) is 3.44. The van der Waals surface area contributed by atoms with Gasteiger partial charge < -0.3 is 4.74 Å². The van der Waals surface area contributed by atoms with Gasteiger partial charge in [0, 0.05) is 35.7 Å². The lowest BCUT2D eigenvalue weighted by Crippen LogP contribution is -2.22. The van der Waals surface area contributed by atoms with E-state index in [9.17, 15) is 4.79 Å². The van der Waals surface area contributed by atoms with Crippen LogP contribution in [0, 0.1) is 11.8 Å². The number of carbonyl (C=O) groups is 1. The Kier molecular flexibility index (Phi) is 7.33. The molecule has 1 aromatic carbocycles. The van der Waals surface area contributed by atoms with E-state index in [1.165, 1.54) is 22.6 Å². The van der Waals surface area contributed by atoms with E-state index in [4.69, 9.17) is 4.74 Å². The number of rotatable bonds is 6. The van der Waals surface area contributed by atoms with Gasteiger partial charge in [0.1, 0.15) is 5.82 Å². The van der Waals surface area contributed by atoms with Crippen LogP contribution in [0.25, 0.3) is 0 Å². The van der Waals surface area contributed by atoms with Crippen LogP contribution in [0.1, 0.15) is 69.0 Å². The van der Waals surface area contributed by atoms with Gasteiger partial charge in [-0.25, -0.2) is 9.97 Å². The molecule has 0 saturated carbocycles. The Morgan fingerprint density at radius 3 is 2.69 bits per heavy atom. The zero-order chi connectivity index (χ0) is 20.7. The minimum absolute atomic E-state index is 0.136. The second kappa shape index (κ2) is 9.93. The third kappa shape index (κ3) is 6.08. The van der Waals surface area contributed by atoms with Gasteiger partial charge in [-0.2, -0.15) is 0 Å². The van der Waals surface area contributed by atoms with Gasteiger partial charge in [-0.05, 0) is 61.1 Å². The number of hydrogen-bond acceptors (Lipinski definition) is 5. The third-order valence-corrected chi connectivity index (χ3v) is 6.16. The Hall–Kier alpha value is -2.32. The van der Waals surface area contributed by atoms with Gasteiger partial charge in [-0.15, -0.1) is 11.8 Å². The third-order valence-electron chi connectivity index (χ3n) is 5.09. The number of carbonyl (C=O) groups excluding carboxylic acids is 1. The molecule has 0 aliphatic carbocycles. The molecule has 0 N–H and O–H groups in total. The van der Waals surface area contributed by atoms with Gasteiger partial charge in [-0.3, -0.25) is 4.79 Å². The normalized spacial score (nSPS) is 14.4. The van der Waals surface area contributed by atoms with Crippen molar-refractivity contribution >= 4 is 17.7 Å². The van der Waals surface area contributed by atoms with Gasteiger partial charge in [0.05, 0.1) is 12.2 Å². The van der Waals surface area contributed by atoms with Crippen LogP contribution in [0.2, 0.25) is 0 Å². The predicted octanol–water partition coefficient (Wildman–Crippen LogP) is 4.93. The lowest BCUT2D eigenvalue weighted by molar-refractivity contribution is -0.143. The average Bonchev–Trinajstić information content (AvgIpc) is 2.71. The van der Waals surface area contributed by atoms with Crippen LogP contribution in [-0.2, 0) is 21.4 Å². The quantitative estimate of drug-likeness (QED) is 0.385. The molecule has 152 valence electrons. The fourth-order valence-electron chi connectivity index (χ4n) is 3.29. The number of ether oxygens (including phenoxy) is 1. The van der Waals surface area contributed by atoms with Crippen molar-refractivity contribution in [1.82, 2.24) is 9.97 Å². The van der Waals surface area contributed by atoms with Crippen LogP contribution in [0.3, 0.4) is 0 Å². The molecule has 1 aromatic heterocycles. The minimum atomic E-state index is -0.136. The zero-order valence-corrected chi connectivity index (χ0v) is 18.3. The molecule has 3 rings (SSSR count). The maximum atomic E-state index is 11.3. The van der Waals surface area contributed by atoms with E-state index in [1.54, 1.807) is 12.4 Å². The molecule has 0 amide bonds. The molecular formula is C24H28N2O2S. The maximum Gasteiger partial charge on any atom is 0.305 e. The summed E-state index contributed by atoms with van der Waals surface area (Å²) in [6.07, 6.45) is 7.61. The zero-order valence-electron chi connectivity index (χ0n) is 17.5. The topological polar surface area (TPSA) is 52.1 Å². The van der Waals surface area contributed by atoms with Crippen LogP contribution in [0.4, 0.5) is 0 Å². The summed E-state index contributed by atoms with van der Waals surface area (Å²) in [6, 6.07) is 6.52. The van der Waals surface area contributed by atoms with Crippen LogP contribution in [-0.4, -0.2) is 28.3 Å². The molecule has 0 radical (unpaired) electrons.